The third-order valence-corrected chi connectivity index (χ3v) is 3.05. The molecule has 1 aromatic carbocycles. The van der Waals surface area contributed by atoms with Gasteiger partial charge in [-0.25, -0.2) is 4.98 Å². The van der Waals surface area contributed by atoms with Crippen LogP contribution >= 0.6 is 0 Å². The Kier molecular flexibility index (Phi) is 4.88. The summed E-state index contributed by atoms with van der Waals surface area (Å²) in [6.07, 6.45) is 0. The molecule has 0 fully saturated rings. The minimum absolute atomic E-state index is 0.0853. The Morgan fingerprint density at radius 3 is 2.45 bits per heavy atom. The molecule has 2 rings (SSSR count). The smallest absolute Gasteiger partial charge is 0.256 e. The van der Waals surface area contributed by atoms with Crippen LogP contribution in [0.3, 0.4) is 0 Å². The number of hydrogen-bond donors (Lipinski definition) is 2. The van der Waals surface area contributed by atoms with E-state index in [2.05, 4.69) is 15.6 Å². The van der Waals surface area contributed by atoms with E-state index in [1.807, 2.05) is 32.9 Å². The normalized spacial score (nSPS) is 10.4. The molecule has 0 aliphatic heterocycles. The van der Waals surface area contributed by atoms with Crippen LogP contribution in [0.2, 0.25) is 0 Å². The second kappa shape index (κ2) is 6.85. The maximum atomic E-state index is 12.2. The van der Waals surface area contributed by atoms with Crippen LogP contribution in [-0.2, 0) is 4.79 Å². The summed E-state index contributed by atoms with van der Waals surface area (Å²) in [5.74, 6) is 0.0345. The van der Waals surface area contributed by atoms with Crippen molar-refractivity contribution in [3.63, 3.8) is 0 Å². The van der Waals surface area contributed by atoms with Crippen molar-refractivity contribution in [1.82, 2.24) is 4.98 Å². The molecule has 1 heterocycles. The van der Waals surface area contributed by atoms with E-state index in [4.69, 9.17) is 0 Å². The molecule has 0 atom stereocenters. The molecule has 2 N–H and O–H groups in total. The van der Waals surface area contributed by atoms with Gasteiger partial charge in [0, 0.05) is 22.9 Å². The lowest BCUT2D eigenvalue weighted by atomic mass is 10.1. The quantitative estimate of drug-likeness (QED) is 0.910. The molecule has 0 radical (unpaired) electrons. The van der Waals surface area contributed by atoms with Gasteiger partial charge in [0.15, 0.2) is 0 Å². The lowest BCUT2D eigenvalue weighted by Crippen LogP contribution is -2.18. The largest absolute Gasteiger partial charge is 0.326 e. The lowest BCUT2D eigenvalue weighted by Gasteiger charge is -2.09. The number of carbonyl (C=O) groups excluding carboxylic acids is 2. The number of hydrogen-bond acceptors (Lipinski definition) is 3. The van der Waals surface area contributed by atoms with Crippen molar-refractivity contribution in [2.24, 2.45) is 5.92 Å². The van der Waals surface area contributed by atoms with Crippen molar-refractivity contribution in [2.75, 3.05) is 10.6 Å². The van der Waals surface area contributed by atoms with Crippen LogP contribution in [0, 0.1) is 12.8 Å². The molecule has 114 valence electrons. The van der Waals surface area contributed by atoms with E-state index in [1.165, 1.54) is 0 Å². The van der Waals surface area contributed by atoms with E-state index in [0.717, 1.165) is 5.69 Å². The van der Waals surface area contributed by atoms with Crippen LogP contribution in [0.15, 0.2) is 42.5 Å². The highest BCUT2D eigenvalue weighted by molar-refractivity contribution is 6.05. The molecule has 0 spiro atoms. The van der Waals surface area contributed by atoms with Gasteiger partial charge in [-0.3, -0.25) is 9.59 Å². The van der Waals surface area contributed by atoms with Crippen molar-refractivity contribution in [1.29, 1.82) is 0 Å². The molecule has 0 aliphatic rings. The first-order valence-corrected chi connectivity index (χ1v) is 7.11. The first-order chi connectivity index (χ1) is 10.5. The number of nitrogens with zero attached hydrogens (tertiary/aromatic N) is 1. The Morgan fingerprint density at radius 2 is 1.77 bits per heavy atom. The summed E-state index contributed by atoms with van der Waals surface area (Å²) >= 11 is 0. The summed E-state index contributed by atoms with van der Waals surface area (Å²) in [6, 6.07) is 12.2. The highest BCUT2D eigenvalue weighted by atomic mass is 16.2. The molecule has 0 unspecified atom stereocenters. The van der Waals surface area contributed by atoms with E-state index in [9.17, 15) is 9.59 Å². The van der Waals surface area contributed by atoms with E-state index in [0.29, 0.717) is 17.1 Å². The molecule has 22 heavy (non-hydrogen) atoms. The number of rotatable bonds is 4. The average Bonchev–Trinajstić information content (AvgIpc) is 2.47. The van der Waals surface area contributed by atoms with Gasteiger partial charge in [0.2, 0.25) is 5.91 Å². The summed E-state index contributed by atoms with van der Waals surface area (Å²) in [7, 11) is 0. The molecule has 1 aromatic heterocycles. The fourth-order valence-corrected chi connectivity index (χ4v) is 1.83. The third-order valence-electron chi connectivity index (χ3n) is 3.05. The Morgan fingerprint density at radius 1 is 1.05 bits per heavy atom. The molecular weight excluding hydrogens is 278 g/mol. The molecule has 2 aromatic rings. The predicted molar refractivity (Wildman–Crippen MR) is 86.8 cm³/mol. The van der Waals surface area contributed by atoms with E-state index in [1.54, 1.807) is 30.3 Å². The summed E-state index contributed by atoms with van der Waals surface area (Å²) in [5.41, 5.74) is 1.89. The van der Waals surface area contributed by atoms with E-state index in [-0.39, 0.29) is 17.7 Å². The number of pyridine rings is 1. The third kappa shape index (κ3) is 4.15. The van der Waals surface area contributed by atoms with Crippen molar-refractivity contribution in [3.8, 4) is 0 Å². The van der Waals surface area contributed by atoms with Gasteiger partial charge in [-0.2, -0.15) is 0 Å². The maximum Gasteiger partial charge on any atom is 0.256 e. The van der Waals surface area contributed by atoms with Crippen molar-refractivity contribution < 1.29 is 9.59 Å². The summed E-state index contributed by atoms with van der Waals surface area (Å²) < 4.78 is 0. The van der Waals surface area contributed by atoms with Crippen molar-refractivity contribution in [3.05, 3.63) is 53.7 Å². The first-order valence-electron chi connectivity index (χ1n) is 7.11. The van der Waals surface area contributed by atoms with Gasteiger partial charge in [0.05, 0.1) is 0 Å². The standard InChI is InChI=1S/C17H19N3O2/c1-11(2)16(21)19-14-8-5-7-13(10-14)17(22)20-15-9-4-6-12(3)18-15/h4-11H,1-3H3,(H,19,21)(H,18,20,22). The van der Waals surface area contributed by atoms with Gasteiger partial charge in [-0.1, -0.05) is 26.0 Å². The van der Waals surface area contributed by atoms with Crippen LogP contribution in [0.5, 0.6) is 0 Å². The minimum Gasteiger partial charge on any atom is -0.326 e. The fourth-order valence-electron chi connectivity index (χ4n) is 1.83. The average molecular weight is 297 g/mol. The molecule has 0 bridgehead atoms. The van der Waals surface area contributed by atoms with E-state index >= 15 is 0 Å². The molecule has 5 heteroatoms. The lowest BCUT2D eigenvalue weighted by molar-refractivity contribution is -0.118. The van der Waals surface area contributed by atoms with Gasteiger partial charge >= 0.3 is 0 Å². The number of nitrogens with one attached hydrogen (secondary N) is 2. The van der Waals surface area contributed by atoms with Gasteiger partial charge < -0.3 is 10.6 Å². The number of anilines is 2. The van der Waals surface area contributed by atoms with Gasteiger partial charge in [-0.05, 0) is 37.3 Å². The first kappa shape index (κ1) is 15.7. The minimum atomic E-state index is -0.265. The number of benzene rings is 1. The second-order valence-electron chi connectivity index (χ2n) is 5.34. The Labute approximate surface area is 129 Å². The summed E-state index contributed by atoms with van der Waals surface area (Å²) in [6.45, 7) is 5.49. The highest BCUT2D eigenvalue weighted by Gasteiger charge is 2.10. The molecular formula is C17H19N3O2. The SMILES string of the molecule is Cc1cccc(NC(=O)c2cccc(NC(=O)C(C)C)c2)n1. The molecule has 5 nitrogen and oxygen atoms in total. The Hall–Kier alpha value is -2.69. The van der Waals surface area contributed by atoms with Gasteiger partial charge in [0.1, 0.15) is 5.82 Å². The van der Waals surface area contributed by atoms with Crippen LogP contribution in [0.25, 0.3) is 0 Å². The topological polar surface area (TPSA) is 71.1 Å². The zero-order valence-electron chi connectivity index (χ0n) is 12.9. The maximum absolute atomic E-state index is 12.2. The van der Waals surface area contributed by atoms with Crippen LogP contribution in [0.1, 0.15) is 29.9 Å². The van der Waals surface area contributed by atoms with Gasteiger partial charge in [-0.15, -0.1) is 0 Å². The van der Waals surface area contributed by atoms with Crippen molar-refractivity contribution in [2.45, 2.75) is 20.8 Å². The number of amides is 2. The monoisotopic (exact) mass is 297 g/mol. The van der Waals surface area contributed by atoms with Crippen LogP contribution in [0.4, 0.5) is 11.5 Å². The van der Waals surface area contributed by atoms with Gasteiger partial charge in [0.25, 0.3) is 5.91 Å². The zero-order chi connectivity index (χ0) is 16.1. The zero-order valence-corrected chi connectivity index (χ0v) is 12.9. The fraction of sp³-hybridized carbons (Fsp3) is 0.235. The molecule has 0 aliphatic carbocycles. The molecule has 0 saturated carbocycles. The Bertz CT molecular complexity index is 696. The van der Waals surface area contributed by atoms with Crippen molar-refractivity contribution >= 4 is 23.3 Å². The summed E-state index contributed by atoms with van der Waals surface area (Å²) in [5, 5.41) is 5.51. The number of aryl methyl sites for hydroxylation is 1. The highest BCUT2D eigenvalue weighted by Crippen LogP contribution is 2.14. The molecule has 2 amide bonds. The van der Waals surface area contributed by atoms with Crippen LogP contribution in [-0.4, -0.2) is 16.8 Å². The molecule has 0 saturated heterocycles. The van der Waals surface area contributed by atoms with E-state index < -0.39 is 0 Å². The predicted octanol–water partition coefficient (Wildman–Crippen LogP) is 3.24. The summed E-state index contributed by atoms with van der Waals surface area (Å²) in [4.78, 5) is 28.2. The Balaban J connectivity index is 2.11. The van der Waals surface area contributed by atoms with Crippen LogP contribution < -0.4 is 10.6 Å². The number of aromatic nitrogens is 1. The number of carbonyl (C=O) groups is 2. The second-order valence-corrected chi connectivity index (χ2v) is 5.34.